The predicted molar refractivity (Wildman–Crippen MR) is 60.8 cm³/mol. The van der Waals surface area contributed by atoms with Crippen molar-refractivity contribution in [2.45, 2.75) is 6.54 Å². The number of imidazole rings is 1. The summed E-state index contributed by atoms with van der Waals surface area (Å²) in [5, 5.41) is 8.92. The highest BCUT2D eigenvalue weighted by Crippen LogP contribution is 2.19. The highest BCUT2D eigenvalue weighted by atomic mass is 16.5. The van der Waals surface area contributed by atoms with Crippen molar-refractivity contribution in [1.29, 1.82) is 0 Å². The summed E-state index contributed by atoms with van der Waals surface area (Å²) in [5.41, 5.74) is 1.48. The normalized spacial score (nSPS) is 10.9. The Morgan fingerprint density at radius 1 is 1.38 bits per heavy atom. The largest absolute Gasteiger partial charge is 0.497 e. The van der Waals surface area contributed by atoms with Gasteiger partial charge in [0.2, 0.25) is 0 Å². The molecule has 16 heavy (non-hydrogen) atoms. The minimum absolute atomic E-state index is 0.0505. The Hall–Kier alpha value is -1.75. The number of aryl methyl sites for hydroxylation is 1. The molecule has 1 heterocycles. The van der Waals surface area contributed by atoms with Gasteiger partial charge in [-0.3, -0.25) is 9.13 Å². The summed E-state index contributed by atoms with van der Waals surface area (Å²) in [4.78, 5) is 11.9. The number of hydrogen-bond acceptors (Lipinski definition) is 3. The van der Waals surface area contributed by atoms with Crippen LogP contribution in [0.5, 0.6) is 5.75 Å². The highest BCUT2D eigenvalue weighted by molar-refractivity contribution is 5.77. The van der Waals surface area contributed by atoms with E-state index < -0.39 is 0 Å². The molecule has 0 unspecified atom stereocenters. The van der Waals surface area contributed by atoms with Gasteiger partial charge in [0, 0.05) is 13.1 Å². The summed E-state index contributed by atoms with van der Waals surface area (Å²) in [6.45, 7) is 0.257. The average molecular weight is 222 g/mol. The molecule has 5 nitrogen and oxygen atoms in total. The van der Waals surface area contributed by atoms with Crippen molar-refractivity contribution in [1.82, 2.24) is 9.13 Å². The lowest BCUT2D eigenvalue weighted by Crippen LogP contribution is -2.23. The molecule has 0 atom stereocenters. The molecular weight excluding hydrogens is 208 g/mol. The van der Waals surface area contributed by atoms with Crippen molar-refractivity contribution in [2.75, 3.05) is 13.7 Å². The summed E-state index contributed by atoms with van der Waals surface area (Å²) >= 11 is 0. The van der Waals surface area contributed by atoms with Crippen molar-refractivity contribution in [3.63, 3.8) is 0 Å². The van der Waals surface area contributed by atoms with Crippen LogP contribution < -0.4 is 10.4 Å². The van der Waals surface area contributed by atoms with Crippen LogP contribution in [0.2, 0.25) is 0 Å². The Morgan fingerprint density at radius 3 is 2.75 bits per heavy atom. The first-order valence-electron chi connectivity index (χ1n) is 5.03. The Bertz CT molecular complexity index is 568. The van der Waals surface area contributed by atoms with Crippen LogP contribution in [0.4, 0.5) is 0 Å². The number of nitrogens with zero attached hydrogens (tertiary/aromatic N) is 2. The molecule has 0 amide bonds. The number of aliphatic hydroxyl groups is 1. The molecule has 86 valence electrons. The van der Waals surface area contributed by atoms with Crippen molar-refractivity contribution >= 4 is 11.0 Å². The van der Waals surface area contributed by atoms with Crippen LogP contribution in [0.3, 0.4) is 0 Å². The summed E-state index contributed by atoms with van der Waals surface area (Å²) in [6, 6.07) is 5.44. The second-order valence-electron chi connectivity index (χ2n) is 3.57. The van der Waals surface area contributed by atoms with Crippen LogP contribution in [-0.4, -0.2) is 28.0 Å². The first kappa shape index (κ1) is 10.8. The fraction of sp³-hybridized carbons (Fsp3) is 0.364. The molecule has 1 aromatic heterocycles. The maximum Gasteiger partial charge on any atom is 0.328 e. The number of aromatic nitrogens is 2. The molecule has 0 saturated carbocycles. The second kappa shape index (κ2) is 4.02. The first-order chi connectivity index (χ1) is 7.69. The second-order valence-corrected chi connectivity index (χ2v) is 3.57. The summed E-state index contributed by atoms with van der Waals surface area (Å²) in [5.74, 6) is 0.712. The van der Waals surface area contributed by atoms with Gasteiger partial charge in [-0.1, -0.05) is 0 Å². The molecule has 1 aromatic carbocycles. The molecule has 1 N–H and O–H groups in total. The topological polar surface area (TPSA) is 56.4 Å². The van der Waals surface area contributed by atoms with Gasteiger partial charge in [-0.05, 0) is 12.1 Å². The highest BCUT2D eigenvalue weighted by Gasteiger charge is 2.10. The molecule has 2 rings (SSSR count). The standard InChI is InChI=1S/C11H14N2O3/c1-12-10-7-8(16-2)3-4-9(10)13(5-6-14)11(12)15/h3-4,7,14H,5-6H2,1-2H3. The van der Waals surface area contributed by atoms with Crippen LogP contribution in [0.1, 0.15) is 0 Å². The minimum Gasteiger partial charge on any atom is -0.497 e. The summed E-state index contributed by atoms with van der Waals surface area (Å²) in [6.07, 6.45) is 0. The smallest absolute Gasteiger partial charge is 0.328 e. The molecule has 0 aliphatic rings. The van der Waals surface area contributed by atoms with Crippen LogP contribution in [0.25, 0.3) is 11.0 Å². The van der Waals surface area contributed by atoms with Gasteiger partial charge in [-0.2, -0.15) is 0 Å². The third-order valence-corrected chi connectivity index (χ3v) is 2.68. The Balaban J connectivity index is 2.74. The number of methoxy groups -OCH3 is 1. The van der Waals surface area contributed by atoms with Crippen LogP contribution in [-0.2, 0) is 13.6 Å². The van der Waals surface area contributed by atoms with Gasteiger partial charge in [0.25, 0.3) is 0 Å². The average Bonchev–Trinajstić information content (AvgIpc) is 2.54. The van der Waals surface area contributed by atoms with E-state index in [0.717, 1.165) is 11.0 Å². The van der Waals surface area contributed by atoms with E-state index in [4.69, 9.17) is 9.84 Å². The predicted octanol–water partition coefficient (Wildman–Crippen LogP) is 0.341. The van der Waals surface area contributed by atoms with E-state index in [-0.39, 0.29) is 12.3 Å². The molecule has 5 heteroatoms. The number of aliphatic hydroxyl groups excluding tert-OH is 1. The van der Waals surface area contributed by atoms with E-state index in [1.54, 1.807) is 29.4 Å². The lowest BCUT2D eigenvalue weighted by molar-refractivity contribution is 0.275. The van der Waals surface area contributed by atoms with Gasteiger partial charge < -0.3 is 9.84 Å². The van der Waals surface area contributed by atoms with Gasteiger partial charge in [0.05, 0.1) is 31.3 Å². The van der Waals surface area contributed by atoms with Crippen LogP contribution >= 0.6 is 0 Å². The fourth-order valence-corrected chi connectivity index (χ4v) is 1.83. The Labute approximate surface area is 92.5 Å². The van der Waals surface area contributed by atoms with Crippen LogP contribution in [0.15, 0.2) is 23.0 Å². The van der Waals surface area contributed by atoms with Gasteiger partial charge in [-0.15, -0.1) is 0 Å². The number of rotatable bonds is 3. The van der Waals surface area contributed by atoms with Gasteiger partial charge in [-0.25, -0.2) is 4.79 Å². The van der Waals surface area contributed by atoms with Gasteiger partial charge in [0.15, 0.2) is 0 Å². The lowest BCUT2D eigenvalue weighted by Gasteiger charge is -2.01. The number of hydrogen-bond donors (Lipinski definition) is 1. The summed E-state index contributed by atoms with van der Waals surface area (Å²) in [7, 11) is 3.29. The Morgan fingerprint density at radius 2 is 2.12 bits per heavy atom. The van der Waals surface area contributed by atoms with E-state index in [0.29, 0.717) is 12.3 Å². The number of fused-ring (bicyclic) bond motifs is 1. The minimum atomic E-state index is -0.127. The van der Waals surface area contributed by atoms with Crippen molar-refractivity contribution < 1.29 is 9.84 Å². The molecule has 2 aromatic rings. The molecule has 0 spiro atoms. The quantitative estimate of drug-likeness (QED) is 0.814. The SMILES string of the molecule is COc1ccc2c(c1)n(C)c(=O)n2CCO. The molecule has 0 fully saturated rings. The van der Waals surface area contributed by atoms with Gasteiger partial charge in [0.1, 0.15) is 5.75 Å². The summed E-state index contributed by atoms with van der Waals surface area (Å²) < 4.78 is 8.21. The molecular formula is C11H14N2O3. The zero-order chi connectivity index (χ0) is 11.7. The zero-order valence-electron chi connectivity index (χ0n) is 9.30. The van der Waals surface area contributed by atoms with E-state index in [2.05, 4.69) is 0 Å². The maximum absolute atomic E-state index is 11.9. The van der Waals surface area contributed by atoms with E-state index in [1.165, 1.54) is 0 Å². The van der Waals surface area contributed by atoms with Gasteiger partial charge >= 0.3 is 5.69 Å². The maximum atomic E-state index is 11.9. The Kier molecular flexibility index (Phi) is 2.70. The fourth-order valence-electron chi connectivity index (χ4n) is 1.83. The van der Waals surface area contributed by atoms with E-state index in [9.17, 15) is 4.79 Å². The number of ether oxygens (including phenoxy) is 1. The third kappa shape index (κ3) is 1.49. The van der Waals surface area contributed by atoms with E-state index >= 15 is 0 Å². The van der Waals surface area contributed by atoms with Crippen LogP contribution in [0, 0.1) is 0 Å². The zero-order valence-corrected chi connectivity index (χ0v) is 9.30. The van der Waals surface area contributed by atoms with E-state index in [1.807, 2.05) is 12.1 Å². The molecule has 0 saturated heterocycles. The monoisotopic (exact) mass is 222 g/mol. The molecule has 0 aliphatic carbocycles. The first-order valence-corrected chi connectivity index (χ1v) is 5.03. The third-order valence-electron chi connectivity index (χ3n) is 2.68. The lowest BCUT2D eigenvalue weighted by atomic mass is 10.3. The molecule has 0 radical (unpaired) electrons. The molecule has 0 aliphatic heterocycles. The van der Waals surface area contributed by atoms with Crippen molar-refractivity contribution in [2.24, 2.45) is 7.05 Å². The number of benzene rings is 1. The van der Waals surface area contributed by atoms with Crippen molar-refractivity contribution in [3.05, 3.63) is 28.7 Å². The molecule has 0 bridgehead atoms. The van der Waals surface area contributed by atoms with Crippen molar-refractivity contribution in [3.8, 4) is 5.75 Å².